The molecule has 0 aromatic carbocycles. The number of thiazole rings is 1. The molecule has 4 nitrogen and oxygen atoms in total. The molecule has 0 aliphatic carbocycles. The largest absolute Gasteiger partial charge is 0.340 e. The normalized spacial score (nSPS) is 17.8. The van der Waals surface area contributed by atoms with Crippen LogP contribution in [0.1, 0.15) is 17.0 Å². The average Bonchev–Trinajstić information content (AvgIpc) is 2.76. The molecule has 1 aliphatic heterocycles. The summed E-state index contributed by atoms with van der Waals surface area (Å²) in [7, 11) is 1.87. The van der Waals surface area contributed by atoms with Gasteiger partial charge in [-0.1, -0.05) is 0 Å². The van der Waals surface area contributed by atoms with Crippen molar-refractivity contribution >= 4 is 53.8 Å². The number of nitrogens with zero attached hydrogens (tertiary/aromatic N) is 2. The van der Waals surface area contributed by atoms with Crippen LogP contribution in [0.5, 0.6) is 0 Å². The maximum atomic E-state index is 12.1. The summed E-state index contributed by atoms with van der Waals surface area (Å²) < 4.78 is 0. The van der Waals surface area contributed by atoms with E-state index in [1.807, 2.05) is 36.1 Å². The smallest absolute Gasteiger partial charge is 0.224 e. The Labute approximate surface area is 140 Å². The number of halogens is 2. The van der Waals surface area contributed by atoms with E-state index in [0.29, 0.717) is 19.0 Å². The molecule has 1 aliphatic rings. The van der Waals surface area contributed by atoms with Crippen molar-refractivity contribution in [2.45, 2.75) is 25.9 Å². The van der Waals surface area contributed by atoms with E-state index in [1.54, 1.807) is 11.3 Å². The molecule has 20 heavy (non-hydrogen) atoms. The second-order valence-electron chi connectivity index (χ2n) is 4.54. The number of hydrogen-bond donors (Lipinski definition) is 1. The summed E-state index contributed by atoms with van der Waals surface area (Å²) in [5, 5.41) is 3.40. The van der Waals surface area contributed by atoms with E-state index < -0.39 is 0 Å². The molecule has 0 radical (unpaired) electrons. The number of amides is 1. The van der Waals surface area contributed by atoms with Gasteiger partial charge in [0.15, 0.2) is 0 Å². The Morgan fingerprint density at radius 3 is 2.85 bits per heavy atom. The Morgan fingerprint density at radius 1 is 1.55 bits per heavy atom. The first-order valence-electron chi connectivity index (χ1n) is 6.11. The predicted octanol–water partition coefficient (Wildman–Crippen LogP) is 2.35. The summed E-state index contributed by atoms with van der Waals surface area (Å²) in [6.45, 7) is 3.68. The number of hydrogen-bond acceptors (Lipinski definition) is 5. The van der Waals surface area contributed by atoms with Crippen LogP contribution in [0.4, 0.5) is 0 Å². The second kappa shape index (κ2) is 9.84. The Hall–Kier alpha value is -0.0100. The van der Waals surface area contributed by atoms with Crippen molar-refractivity contribution in [3.05, 3.63) is 16.1 Å². The Kier molecular flexibility index (Phi) is 9.84. The van der Waals surface area contributed by atoms with Gasteiger partial charge < -0.3 is 10.2 Å². The average molecular weight is 358 g/mol. The third kappa shape index (κ3) is 5.77. The lowest BCUT2D eigenvalue weighted by atomic mass is 10.2. The van der Waals surface area contributed by atoms with Crippen molar-refractivity contribution in [1.29, 1.82) is 0 Å². The second-order valence-corrected chi connectivity index (χ2v) is 6.63. The minimum absolute atomic E-state index is 0. The van der Waals surface area contributed by atoms with Gasteiger partial charge in [0.25, 0.3) is 0 Å². The highest BCUT2D eigenvalue weighted by molar-refractivity contribution is 7.99. The maximum absolute atomic E-state index is 12.1. The number of carbonyl (C=O) groups is 1. The summed E-state index contributed by atoms with van der Waals surface area (Å²) in [5.41, 5.74) is 2.87. The van der Waals surface area contributed by atoms with Crippen LogP contribution in [0.15, 0.2) is 5.51 Å². The molecule has 1 amide bonds. The van der Waals surface area contributed by atoms with Crippen molar-refractivity contribution in [2.24, 2.45) is 0 Å². The molecule has 1 fully saturated rings. The van der Waals surface area contributed by atoms with Crippen LogP contribution < -0.4 is 5.32 Å². The molecule has 1 unspecified atom stereocenters. The quantitative estimate of drug-likeness (QED) is 0.898. The number of thioether (sulfide) groups is 1. The topological polar surface area (TPSA) is 45.2 Å². The van der Waals surface area contributed by atoms with E-state index in [0.717, 1.165) is 23.7 Å². The standard InChI is InChI=1S/C12H19N3OS2.2ClH/c1-9-11(18-8-14-9)6-15(2)12(16)5-10-7-17-4-3-13-10;;/h8,10,13H,3-7H2,1-2H3;2*1H. The molecule has 0 spiro atoms. The first-order valence-corrected chi connectivity index (χ1v) is 8.14. The minimum atomic E-state index is 0. The van der Waals surface area contributed by atoms with Gasteiger partial charge >= 0.3 is 0 Å². The summed E-state index contributed by atoms with van der Waals surface area (Å²) in [6, 6.07) is 0.334. The fraction of sp³-hybridized carbons (Fsp3) is 0.667. The first-order chi connectivity index (χ1) is 8.66. The van der Waals surface area contributed by atoms with Crippen LogP contribution >= 0.6 is 47.9 Å². The van der Waals surface area contributed by atoms with Crippen LogP contribution in [0.2, 0.25) is 0 Å². The summed E-state index contributed by atoms with van der Waals surface area (Å²) >= 11 is 3.54. The number of nitrogens with one attached hydrogen (secondary N) is 1. The van der Waals surface area contributed by atoms with E-state index in [-0.39, 0.29) is 30.7 Å². The lowest BCUT2D eigenvalue weighted by Gasteiger charge is -2.25. The van der Waals surface area contributed by atoms with E-state index in [1.165, 1.54) is 4.88 Å². The fourth-order valence-corrected chi connectivity index (χ4v) is 3.68. The molecule has 0 bridgehead atoms. The van der Waals surface area contributed by atoms with Crippen molar-refractivity contribution in [1.82, 2.24) is 15.2 Å². The zero-order valence-corrected chi connectivity index (χ0v) is 14.9. The van der Waals surface area contributed by atoms with Crippen LogP contribution in [-0.4, -0.2) is 46.9 Å². The molecule has 2 heterocycles. The predicted molar refractivity (Wildman–Crippen MR) is 91.6 cm³/mol. The third-order valence-electron chi connectivity index (χ3n) is 3.07. The van der Waals surface area contributed by atoms with Gasteiger partial charge in [0.05, 0.1) is 17.7 Å². The molecule has 0 saturated carbocycles. The van der Waals surface area contributed by atoms with Crippen molar-refractivity contribution in [3.8, 4) is 0 Å². The number of aryl methyl sites for hydroxylation is 1. The Balaban J connectivity index is 0.00000180. The molecule has 1 atom stereocenters. The zero-order chi connectivity index (χ0) is 13.0. The lowest BCUT2D eigenvalue weighted by Crippen LogP contribution is -2.41. The lowest BCUT2D eigenvalue weighted by molar-refractivity contribution is -0.130. The number of carbonyl (C=O) groups excluding carboxylic acids is 1. The molecule has 1 saturated heterocycles. The molecular formula is C12H21Cl2N3OS2. The molecular weight excluding hydrogens is 337 g/mol. The van der Waals surface area contributed by atoms with E-state index in [2.05, 4.69) is 10.3 Å². The molecule has 1 N–H and O–H groups in total. The third-order valence-corrected chi connectivity index (χ3v) is 5.12. The highest BCUT2D eigenvalue weighted by atomic mass is 35.5. The summed E-state index contributed by atoms with van der Waals surface area (Å²) in [6.07, 6.45) is 0.599. The van der Waals surface area contributed by atoms with E-state index in [9.17, 15) is 4.79 Å². The molecule has 116 valence electrons. The monoisotopic (exact) mass is 357 g/mol. The molecule has 2 rings (SSSR count). The van der Waals surface area contributed by atoms with Crippen LogP contribution in [-0.2, 0) is 11.3 Å². The van der Waals surface area contributed by atoms with Crippen molar-refractivity contribution in [2.75, 3.05) is 25.1 Å². The first kappa shape index (κ1) is 20.0. The zero-order valence-electron chi connectivity index (χ0n) is 11.6. The summed E-state index contributed by atoms with van der Waals surface area (Å²) in [5.74, 6) is 2.41. The van der Waals surface area contributed by atoms with Gasteiger partial charge in [-0.3, -0.25) is 4.79 Å². The van der Waals surface area contributed by atoms with E-state index >= 15 is 0 Å². The van der Waals surface area contributed by atoms with Crippen LogP contribution in [0.3, 0.4) is 0 Å². The number of aromatic nitrogens is 1. The highest BCUT2D eigenvalue weighted by Crippen LogP contribution is 2.16. The van der Waals surface area contributed by atoms with Crippen LogP contribution in [0, 0.1) is 6.92 Å². The van der Waals surface area contributed by atoms with Gasteiger partial charge in [-0.2, -0.15) is 11.8 Å². The minimum Gasteiger partial charge on any atom is -0.340 e. The molecule has 8 heteroatoms. The Morgan fingerprint density at radius 2 is 2.30 bits per heavy atom. The van der Waals surface area contributed by atoms with Crippen molar-refractivity contribution in [3.63, 3.8) is 0 Å². The van der Waals surface area contributed by atoms with Gasteiger partial charge in [0.1, 0.15) is 0 Å². The summed E-state index contributed by atoms with van der Waals surface area (Å²) in [4.78, 5) is 19.3. The van der Waals surface area contributed by atoms with E-state index in [4.69, 9.17) is 0 Å². The van der Waals surface area contributed by atoms with Gasteiger partial charge in [-0.15, -0.1) is 36.2 Å². The molecule has 1 aromatic rings. The Bertz CT molecular complexity index is 411. The van der Waals surface area contributed by atoms with Crippen LogP contribution in [0.25, 0.3) is 0 Å². The number of rotatable bonds is 4. The fourth-order valence-electron chi connectivity index (χ4n) is 1.90. The maximum Gasteiger partial charge on any atom is 0.224 e. The van der Waals surface area contributed by atoms with Gasteiger partial charge in [0.2, 0.25) is 5.91 Å². The van der Waals surface area contributed by atoms with Gasteiger partial charge in [0, 0.05) is 42.4 Å². The van der Waals surface area contributed by atoms with Gasteiger partial charge in [-0.25, -0.2) is 4.98 Å². The van der Waals surface area contributed by atoms with Gasteiger partial charge in [-0.05, 0) is 6.92 Å². The highest BCUT2D eigenvalue weighted by Gasteiger charge is 2.19. The molecule has 1 aromatic heterocycles. The van der Waals surface area contributed by atoms with Crippen molar-refractivity contribution < 1.29 is 4.79 Å². The SMILES string of the molecule is Cc1ncsc1CN(C)C(=O)CC1CSCCN1.Cl.Cl.